The summed E-state index contributed by atoms with van der Waals surface area (Å²) in [6.45, 7) is 0.374. The molecule has 2 N–H and O–H groups in total. The van der Waals surface area contributed by atoms with Crippen molar-refractivity contribution in [1.29, 1.82) is 0 Å². The van der Waals surface area contributed by atoms with Crippen LogP contribution < -0.4 is 0 Å². The number of hydrogen-bond donors (Lipinski definition) is 2. The van der Waals surface area contributed by atoms with E-state index in [1.165, 1.54) is 0 Å². The van der Waals surface area contributed by atoms with Crippen molar-refractivity contribution in [2.75, 3.05) is 13.2 Å². The zero-order valence-corrected chi connectivity index (χ0v) is 14.9. The fraction of sp³-hybridized carbons (Fsp3) is 0.429. The molecule has 2 aliphatic rings. The minimum Gasteiger partial charge on any atom is -0.393 e. The first-order chi connectivity index (χ1) is 13.2. The molecule has 0 unspecified atom stereocenters. The van der Waals surface area contributed by atoms with Gasteiger partial charge in [-0.05, 0) is 11.1 Å². The molecule has 2 heterocycles. The minimum atomic E-state index is -1.25. The summed E-state index contributed by atoms with van der Waals surface area (Å²) >= 11 is 0. The van der Waals surface area contributed by atoms with Crippen molar-refractivity contribution in [2.45, 2.75) is 43.4 Å². The van der Waals surface area contributed by atoms with E-state index in [1.807, 2.05) is 60.7 Å². The highest BCUT2D eigenvalue weighted by Gasteiger charge is 2.63. The molecule has 0 radical (unpaired) electrons. The molecule has 0 aromatic heterocycles. The van der Waals surface area contributed by atoms with E-state index in [2.05, 4.69) is 0 Å². The Morgan fingerprint density at radius 3 is 2.11 bits per heavy atom. The molecule has 2 aliphatic heterocycles. The number of ether oxygens (including phenoxy) is 4. The summed E-state index contributed by atoms with van der Waals surface area (Å²) in [5, 5.41) is 20.5. The Morgan fingerprint density at radius 1 is 0.926 bits per heavy atom. The standard InChI is InChI=1S/C21H24O6/c22-14-21-17(23)13-26-20(27-21)18(24-11-15-7-3-1-4-8-15)19(21)25-12-16-9-5-2-6-10-16/h1-10,17-20,22-23H,11-14H2/t17-,18-,19-,20+,21+/m1/s1. The molecule has 0 saturated carbocycles. The van der Waals surface area contributed by atoms with Crippen LogP contribution in [0.25, 0.3) is 0 Å². The zero-order valence-electron chi connectivity index (χ0n) is 14.9. The van der Waals surface area contributed by atoms with Crippen molar-refractivity contribution in [1.82, 2.24) is 0 Å². The molecule has 6 nitrogen and oxygen atoms in total. The molecule has 2 aromatic rings. The van der Waals surface area contributed by atoms with Crippen LogP contribution in [0.1, 0.15) is 11.1 Å². The maximum atomic E-state index is 10.5. The maximum Gasteiger partial charge on any atom is 0.187 e. The van der Waals surface area contributed by atoms with E-state index in [0.29, 0.717) is 13.2 Å². The average Bonchev–Trinajstić information content (AvgIpc) is 2.98. The van der Waals surface area contributed by atoms with Crippen LogP contribution in [-0.2, 0) is 32.2 Å². The molecule has 2 aromatic carbocycles. The van der Waals surface area contributed by atoms with Crippen LogP contribution in [-0.4, -0.2) is 53.6 Å². The second kappa shape index (κ2) is 8.06. The van der Waals surface area contributed by atoms with Gasteiger partial charge in [0.05, 0.1) is 26.4 Å². The molecule has 2 saturated heterocycles. The molecular formula is C21H24O6. The number of aliphatic hydroxyl groups excluding tert-OH is 2. The van der Waals surface area contributed by atoms with Crippen molar-refractivity contribution < 1.29 is 29.2 Å². The Morgan fingerprint density at radius 2 is 1.52 bits per heavy atom. The number of aliphatic hydroxyl groups is 2. The lowest BCUT2D eigenvalue weighted by Crippen LogP contribution is -2.58. The summed E-state index contributed by atoms with van der Waals surface area (Å²) in [4.78, 5) is 0. The predicted octanol–water partition coefficient (Wildman–Crippen LogP) is 1.64. The topological polar surface area (TPSA) is 77.4 Å². The number of fused-ring (bicyclic) bond motifs is 2. The molecular weight excluding hydrogens is 348 g/mol. The lowest BCUT2D eigenvalue weighted by atomic mass is 9.90. The highest BCUT2D eigenvalue weighted by molar-refractivity contribution is 5.16. The van der Waals surface area contributed by atoms with Crippen LogP contribution in [0.4, 0.5) is 0 Å². The van der Waals surface area contributed by atoms with Gasteiger partial charge < -0.3 is 29.2 Å². The highest BCUT2D eigenvalue weighted by atomic mass is 16.8. The zero-order chi connectivity index (χ0) is 18.7. The van der Waals surface area contributed by atoms with Gasteiger partial charge >= 0.3 is 0 Å². The lowest BCUT2D eigenvalue weighted by Gasteiger charge is -2.38. The number of rotatable bonds is 7. The van der Waals surface area contributed by atoms with Gasteiger partial charge in [0.15, 0.2) is 11.9 Å². The molecule has 2 fully saturated rings. The minimum absolute atomic E-state index is 0.0711. The van der Waals surface area contributed by atoms with Crippen molar-refractivity contribution in [2.24, 2.45) is 0 Å². The van der Waals surface area contributed by atoms with E-state index in [9.17, 15) is 10.2 Å². The Balaban J connectivity index is 1.53. The predicted molar refractivity (Wildman–Crippen MR) is 96.7 cm³/mol. The van der Waals surface area contributed by atoms with E-state index in [1.54, 1.807) is 0 Å². The quantitative estimate of drug-likeness (QED) is 0.769. The van der Waals surface area contributed by atoms with Crippen molar-refractivity contribution in [3.8, 4) is 0 Å². The van der Waals surface area contributed by atoms with E-state index in [-0.39, 0.29) is 13.2 Å². The van der Waals surface area contributed by atoms with Crippen LogP contribution >= 0.6 is 0 Å². The third-order valence-electron chi connectivity index (χ3n) is 5.17. The van der Waals surface area contributed by atoms with Gasteiger partial charge in [0, 0.05) is 0 Å². The van der Waals surface area contributed by atoms with Crippen molar-refractivity contribution in [3.05, 3.63) is 71.8 Å². The van der Waals surface area contributed by atoms with Crippen molar-refractivity contribution in [3.63, 3.8) is 0 Å². The molecule has 0 spiro atoms. The molecule has 5 atom stereocenters. The van der Waals surface area contributed by atoms with E-state index in [4.69, 9.17) is 18.9 Å². The van der Waals surface area contributed by atoms with E-state index >= 15 is 0 Å². The van der Waals surface area contributed by atoms with Gasteiger partial charge in [-0.15, -0.1) is 0 Å². The molecule has 27 heavy (non-hydrogen) atoms. The van der Waals surface area contributed by atoms with Gasteiger partial charge in [-0.1, -0.05) is 60.7 Å². The van der Waals surface area contributed by atoms with Gasteiger partial charge in [0.2, 0.25) is 0 Å². The molecule has 0 amide bonds. The number of hydrogen-bond acceptors (Lipinski definition) is 6. The molecule has 144 valence electrons. The monoisotopic (exact) mass is 372 g/mol. The van der Waals surface area contributed by atoms with Crippen molar-refractivity contribution >= 4 is 0 Å². The van der Waals surface area contributed by atoms with Gasteiger partial charge in [-0.2, -0.15) is 0 Å². The first kappa shape index (κ1) is 18.6. The molecule has 0 aliphatic carbocycles. The summed E-state index contributed by atoms with van der Waals surface area (Å²) in [6, 6.07) is 19.5. The first-order valence-electron chi connectivity index (χ1n) is 9.12. The maximum absolute atomic E-state index is 10.5. The van der Waals surface area contributed by atoms with Crippen LogP contribution in [0.3, 0.4) is 0 Å². The normalized spacial score (nSPS) is 32.5. The van der Waals surface area contributed by atoms with Gasteiger partial charge in [-0.25, -0.2) is 0 Å². The summed E-state index contributed by atoms with van der Waals surface area (Å²) in [5.74, 6) is 0. The van der Waals surface area contributed by atoms with Gasteiger partial charge in [0.25, 0.3) is 0 Å². The van der Waals surface area contributed by atoms with E-state index in [0.717, 1.165) is 11.1 Å². The fourth-order valence-corrected chi connectivity index (χ4v) is 3.66. The summed E-state index contributed by atoms with van der Waals surface area (Å²) in [6.07, 6.45) is -2.90. The largest absolute Gasteiger partial charge is 0.393 e. The summed E-state index contributed by atoms with van der Waals surface area (Å²) in [7, 11) is 0. The van der Waals surface area contributed by atoms with Gasteiger partial charge in [0.1, 0.15) is 18.3 Å². The number of benzene rings is 2. The van der Waals surface area contributed by atoms with Crippen LogP contribution in [0.15, 0.2) is 60.7 Å². The second-order valence-corrected chi connectivity index (χ2v) is 6.93. The SMILES string of the molecule is OC[C@]12O[C@H](OC[C@H]1O)[C@H](OCc1ccccc1)[C@H]2OCc1ccccc1. The average molecular weight is 372 g/mol. The summed E-state index contributed by atoms with van der Waals surface area (Å²) < 4.78 is 23.7. The lowest BCUT2D eigenvalue weighted by molar-refractivity contribution is -0.286. The molecule has 6 heteroatoms. The molecule has 4 rings (SSSR count). The second-order valence-electron chi connectivity index (χ2n) is 6.93. The molecule has 2 bridgehead atoms. The Kier molecular flexibility index (Phi) is 5.54. The Labute approximate surface area is 158 Å². The smallest absolute Gasteiger partial charge is 0.187 e. The first-order valence-corrected chi connectivity index (χ1v) is 9.12. The Hall–Kier alpha value is -1.80. The Bertz CT molecular complexity index is 724. The third kappa shape index (κ3) is 3.65. The van der Waals surface area contributed by atoms with Crippen LogP contribution in [0.5, 0.6) is 0 Å². The third-order valence-corrected chi connectivity index (χ3v) is 5.17. The van der Waals surface area contributed by atoms with Crippen LogP contribution in [0, 0.1) is 0 Å². The van der Waals surface area contributed by atoms with E-state index < -0.39 is 30.2 Å². The summed E-state index contributed by atoms with van der Waals surface area (Å²) in [5.41, 5.74) is 0.752. The van der Waals surface area contributed by atoms with Gasteiger partial charge in [-0.3, -0.25) is 0 Å². The van der Waals surface area contributed by atoms with Crippen LogP contribution in [0.2, 0.25) is 0 Å². The highest BCUT2D eigenvalue weighted by Crippen LogP contribution is 2.42. The fourth-order valence-electron chi connectivity index (χ4n) is 3.66.